The van der Waals surface area contributed by atoms with Crippen molar-refractivity contribution < 1.29 is 26.7 Å². The van der Waals surface area contributed by atoms with Crippen LogP contribution in [0.2, 0.25) is 5.02 Å². The fourth-order valence-electron chi connectivity index (χ4n) is 3.29. The summed E-state index contributed by atoms with van der Waals surface area (Å²) in [5.74, 6) is -2.92. The number of benzene rings is 1. The van der Waals surface area contributed by atoms with Crippen LogP contribution in [-0.4, -0.2) is 37.6 Å². The van der Waals surface area contributed by atoms with Crippen molar-refractivity contribution in [3.63, 3.8) is 0 Å². The summed E-state index contributed by atoms with van der Waals surface area (Å²) in [4.78, 5) is 12.6. The van der Waals surface area contributed by atoms with Gasteiger partial charge in [-0.25, -0.2) is 21.9 Å². The molecule has 1 aromatic carbocycles. The van der Waals surface area contributed by atoms with Crippen LogP contribution in [-0.2, 0) is 21.3 Å². The Morgan fingerprint density at radius 3 is 2.62 bits per heavy atom. The van der Waals surface area contributed by atoms with E-state index in [4.69, 9.17) is 16.3 Å². The van der Waals surface area contributed by atoms with Crippen molar-refractivity contribution in [3.05, 3.63) is 52.3 Å². The Balaban J connectivity index is 1.71. The number of ether oxygens (including phenoxy) is 1. The molecule has 0 aliphatic carbocycles. The van der Waals surface area contributed by atoms with Gasteiger partial charge in [-0.3, -0.25) is 4.79 Å². The Kier molecular flexibility index (Phi) is 4.77. The fourth-order valence-corrected chi connectivity index (χ4v) is 5.54. The molecular formula is C18H16ClF2N3O4S. The van der Waals surface area contributed by atoms with Gasteiger partial charge in [-0.2, -0.15) is 0 Å². The second kappa shape index (κ2) is 6.91. The van der Waals surface area contributed by atoms with Crippen LogP contribution in [0.4, 0.5) is 14.5 Å². The highest BCUT2D eigenvalue weighted by molar-refractivity contribution is 7.89. The number of fused-ring (bicyclic) bond motifs is 1. The highest BCUT2D eigenvalue weighted by atomic mass is 35.5. The van der Waals surface area contributed by atoms with Gasteiger partial charge in [-0.05, 0) is 25.1 Å². The number of nitrogens with one attached hydrogen (secondary N) is 2. The van der Waals surface area contributed by atoms with E-state index in [0.29, 0.717) is 0 Å². The van der Waals surface area contributed by atoms with Crippen LogP contribution in [0.5, 0.6) is 0 Å². The first-order chi connectivity index (χ1) is 13.6. The number of nitrogens with zero attached hydrogens (tertiary/aromatic N) is 1. The van der Waals surface area contributed by atoms with E-state index in [-0.39, 0.29) is 46.8 Å². The summed E-state index contributed by atoms with van der Waals surface area (Å²) in [6.45, 7) is 2.38. The van der Waals surface area contributed by atoms with Crippen LogP contribution in [0.25, 0.3) is 6.08 Å². The van der Waals surface area contributed by atoms with Crippen molar-refractivity contribution in [2.24, 2.45) is 0 Å². The van der Waals surface area contributed by atoms with E-state index in [0.717, 1.165) is 12.1 Å². The van der Waals surface area contributed by atoms with Crippen LogP contribution in [0.1, 0.15) is 23.1 Å². The number of anilines is 1. The number of aromatic nitrogens is 1. The third-order valence-corrected chi connectivity index (χ3v) is 6.84. The Bertz CT molecular complexity index is 1160. The maximum Gasteiger partial charge on any atom is 0.273 e. The average Bonchev–Trinajstić information content (AvgIpc) is 3.15. The number of hydrogen-bond donors (Lipinski definition) is 2. The summed E-state index contributed by atoms with van der Waals surface area (Å²) >= 11 is 6.34. The zero-order valence-electron chi connectivity index (χ0n) is 15.1. The number of carbonyl (C=O) groups excluding carboxylic acids is 1. The van der Waals surface area contributed by atoms with Crippen LogP contribution in [0, 0.1) is 11.6 Å². The molecule has 2 N–H and O–H groups in total. The van der Waals surface area contributed by atoms with Crippen LogP contribution in [0.3, 0.4) is 0 Å². The lowest BCUT2D eigenvalue weighted by Gasteiger charge is -2.38. The van der Waals surface area contributed by atoms with Crippen molar-refractivity contribution in [1.82, 2.24) is 9.29 Å². The molecular weight excluding hydrogens is 428 g/mol. The highest BCUT2D eigenvalue weighted by Gasteiger charge is 2.41. The SMILES string of the molecule is CC1(NS(=O)(=O)c2c(Cl)c(C(=O)Nc3ccc(F)c(F)c3)n3c2C=CC3)COC1. The molecule has 154 valence electrons. The lowest BCUT2D eigenvalue weighted by molar-refractivity contribution is -0.0523. The van der Waals surface area contributed by atoms with Gasteiger partial charge in [0.15, 0.2) is 11.6 Å². The van der Waals surface area contributed by atoms with E-state index in [1.807, 2.05) is 0 Å². The van der Waals surface area contributed by atoms with Crippen molar-refractivity contribution in [3.8, 4) is 0 Å². The lowest BCUT2D eigenvalue weighted by atomic mass is 10.0. The predicted octanol–water partition coefficient (Wildman–Crippen LogP) is 2.77. The molecule has 0 spiro atoms. The van der Waals surface area contributed by atoms with E-state index in [2.05, 4.69) is 10.0 Å². The molecule has 29 heavy (non-hydrogen) atoms. The molecule has 2 aliphatic heterocycles. The number of halogens is 3. The Hall–Kier alpha value is -2.27. The molecule has 2 aromatic rings. The number of amides is 1. The van der Waals surface area contributed by atoms with Crippen molar-refractivity contribution in [2.45, 2.75) is 23.9 Å². The maximum absolute atomic E-state index is 13.4. The average molecular weight is 444 g/mol. The molecule has 1 amide bonds. The van der Waals surface area contributed by atoms with Gasteiger partial charge in [-0.1, -0.05) is 17.7 Å². The zero-order valence-corrected chi connectivity index (χ0v) is 16.7. The fraction of sp³-hybridized carbons (Fsp3) is 0.278. The second-order valence-corrected chi connectivity index (χ2v) is 9.13. The van der Waals surface area contributed by atoms with Gasteiger partial charge < -0.3 is 14.6 Å². The van der Waals surface area contributed by atoms with E-state index in [1.54, 1.807) is 19.1 Å². The maximum atomic E-state index is 13.4. The van der Waals surface area contributed by atoms with Gasteiger partial charge in [-0.15, -0.1) is 0 Å². The normalized spacial score (nSPS) is 17.1. The minimum Gasteiger partial charge on any atom is -0.377 e. The summed E-state index contributed by atoms with van der Waals surface area (Å²) in [7, 11) is -4.06. The number of rotatable bonds is 5. The quantitative estimate of drug-likeness (QED) is 0.743. The number of sulfonamides is 1. The van der Waals surface area contributed by atoms with E-state index >= 15 is 0 Å². The molecule has 0 saturated carbocycles. The van der Waals surface area contributed by atoms with Gasteiger partial charge in [0, 0.05) is 18.3 Å². The molecule has 3 heterocycles. The van der Waals surface area contributed by atoms with E-state index in [1.165, 1.54) is 10.6 Å². The smallest absolute Gasteiger partial charge is 0.273 e. The minimum absolute atomic E-state index is 0.00753. The van der Waals surface area contributed by atoms with Gasteiger partial charge >= 0.3 is 0 Å². The molecule has 0 radical (unpaired) electrons. The topological polar surface area (TPSA) is 89.4 Å². The molecule has 0 bridgehead atoms. The minimum atomic E-state index is -4.06. The van der Waals surface area contributed by atoms with Crippen LogP contribution in [0.15, 0.2) is 29.2 Å². The van der Waals surface area contributed by atoms with Gasteiger partial charge in [0.1, 0.15) is 10.6 Å². The number of allylic oxidation sites excluding steroid dienone is 1. The van der Waals surface area contributed by atoms with Crippen LogP contribution < -0.4 is 10.0 Å². The van der Waals surface area contributed by atoms with E-state index in [9.17, 15) is 22.0 Å². The first kappa shape index (κ1) is 20.0. The Morgan fingerprint density at radius 2 is 2.00 bits per heavy atom. The molecule has 0 unspecified atom stereocenters. The standard InChI is InChI=1S/C18H16ClF2N3O4S/c1-18(8-28-9-18)23-29(26,27)16-13-3-2-6-24(13)15(14(16)19)17(25)22-10-4-5-11(20)12(21)7-10/h2-5,7,23H,6,8-9H2,1H3,(H,22,25). The third kappa shape index (κ3) is 3.46. The zero-order chi connectivity index (χ0) is 21.0. The monoisotopic (exact) mass is 443 g/mol. The highest BCUT2D eigenvalue weighted by Crippen LogP contribution is 2.37. The van der Waals surface area contributed by atoms with E-state index < -0.39 is 33.1 Å². The Morgan fingerprint density at radius 1 is 1.28 bits per heavy atom. The van der Waals surface area contributed by atoms with Gasteiger partial charge in [0.2, 0.25) is 10.0 Å². The molecule has 1 saturated heterocycles. The van der Waals surface area contributed by atoms with Gasteiger partial charge in [0.25, 0.3) is 5.91 Å². The molecule has 0 atom stereocenters. The predicted molar refractivity (Wildman–Crippen MR) is 102 cm³/mol. The molecule has 1 fully saturated rings. The summed E-state index contributed by atoms with van der Waals surface area (Å²) in [5.41, 5.74) is -0.574. The van der Waals surface area contributed by atoms with Crippen molar-refractivity contribution in [2.75, 3.05) is 18.5 Å². The largest absolute Gasteiger partial charge is 0.377 e. The molecule has 7 nitrogen and oxygen atoms in total. The Labute approximate surface area is 170 Å². The molecule has 2 aliphatic rings. The second-order valence-electron chi connectivity index (χ2n) is 7.13. The third-order valence-electron chi connectivity index (χ3n) is 4.65. The number of carbonyl (C=O) groups is 1. The summed E-state index contributed by atoms with van der Waals surface area (Å²) in [5, 5.41) is 2.17. The summed E-state index contributed by atoms with van der Waals surface area (Å²) in [6, 6.07) is 2.88. The molecule has 1 aromatic heterocycles. The summed E-state index contributed by atoms with van der Waals surface area (Å²) in [6.07, 6.45) is 3.25. The van der Waals surface area contributed by atoms with Crippen molar-refractivity contribution in [1.29, 1.82) is 0 Å². The molecule has 11 heteroatoms. The first-order valence-electron chi connectivity index (χ1n) is 8.58. The number of hydrogen-bond acceptors (Lipinski definition) is 4. The summed E-state index contributed by atoms with van der Waals surface area (Å²) < 4.78 is 61.6. The molecule has 4 rings (SSSR count). The lowest BCUT2D eigenvalue weighted by Crippen LogP contribution is -2.59. The van der Waals surface area contributed by atoms with Gasteiger partial charge in [0.05, 0.1) is 29.5 Å². The first-order valence-corrected chi connectivity index (χ1v) is 10.4. The van der Waals surface area contributed by atoms with Crippen molar-refractivity contribution >= 4 is 39.3 Å². The van der Waals surface area contributed by atoms with Crippen LogP contribution >= 0.6 is 11.6 Å².